The summed E-state index contributed by atoms with van der Waals surface area (Å²) in [6, 6.07) is 0. The van der Waals surface area contributed by atoms with Crippen LogP contribution in [-0.4, -0.2) is 26.3 Å². The maximum absolute atomic E-state index is 10.8. The number of aromatic nitrogens is 2. The summed E-state index contributed by atoms with van der Waals surface area (Å²) in [5.74, 6) is 0.769. The van der Waals surface area contributed by atoms with Crippen molar-refractivity contribution in [2.24, 2.45) is 18.1 Å². The van der Waals surface area contributed by atoms with Gasteiger partial charge >= 0.3 is 5.82 Å². The molecule has 1 fully saturated rings. The fraction of sp³-hybridized carbons (Fsp3) is 0.600. The molecule has 90 valence electrons. The van der Waals surface area contributed by atoms with E-state index in [9.17, 15) is 10.1 Å². The van der Waals surface area contributed by atoms with Crippen LogP contribution in [-0.2, 0) is 11.9 Å². The second-order valence-corrected chi connectivity index (χ2v) is 4.41. The van der Waals surface area contributed by atoms with Crippen molar-refractivity contribution < 1.29 is 9.76 Å². The number of fused-ring (bicyclic) bond motifs is 1. The van der Waals surface area contributed by atoms with Crippen molar-refractivity contribution in [2.45, 2.75) is 25.4 Å². The van der Waals surface area contributed by atoms with Crippen molar-refractivity contribution in [1.82, 2.24) is 9.55 Å². The summed E-state index contributed by atoms with van der Waals surface area (Å²) >= 11 is 0. The smallest absolute Gasteiger partial charge is 0.342 e. The maximum Gasteiger partial charge on any atom is 0.342 e. The zero-order valence-corrected chi connectivity index (χ0v) is 9.37. The Bertz CT molecular complexity index is 508. The van der Waals surface area contributed by atoms with Crippen molar-refractivity contribution in [2.75, 3.05) is 0 Å². The van der Waals surface area contributed by atoms with Crippen LogP contribution >= 0.6 is 0 Å². The lowest BCUT2D eigenvalue weighted by molar-refractivity contribution is -0.391. The largest absolute Gasteiger partial charge is 0.391 e. The Labute approximate surface area is 97.2 Å². The molecule has 2 heterocycles. The van der Waals surface area contributed by atoms with Crippen molar-refractivity contribution >= 4 is 11.5 Å². The zero-order valence-electron chi connectivity index (χ0n) is 9.37. The van der Waals surface area contributed by atoms with Crippen LogP contribution in [0.25, 0.3) is 0 Å². The Balaban J connectivity index is 1.97. The molecule has 7 nitrogen and oxygen atoms in total. The van der Waals surface area contributed by atoms with Crippen LogP contribution in [0.2, 0.25) is 0 Å². The summed E-state index contributed by atoms with van der Waals surface area (Å²) in [7, 11) is 1.63. The second kappa shape index (κ2) is 3.54. The molecule has 2 atom stereocenters. The summed E-state index contributed by atoms with van der Waals surface area (Å²) in [6.45, 7) is 0. The molecule has 1 saturated carbocycles. The van der Waals surface area contributed by atoms with E-state index in [4.69, 9.17) is 4.84 Å². The second-order valence-electron chi connectivity index (χ2n) is 4.41. The van der Waals surface area contributed by atoms with Crippen LogP contribution in [0.3, 0.4) is 0 Å². The fourth-order valence-electron chi connectivity index (χ4n) is 2.57. The highest BCUT2D eigenvalue weighted by molar-refractivity contribution is 6.00. The molecule has 0 saturated heterocycles. The van der Waals surface area contributed by atoms with E-state index in [1.54, 1.807) is 7.05 Å². The van der Waals surface area contributed by atoms with Gasteiger partial charge in [-0.05, 0) is 24.2 Å². The summed E-state index contributed by atoms with van der Waals surface area (Å²) < 4.78 is 1.46. The van der Waals surface area contributed by atoms with Crippen molar-refractivity contribution in [3.63, 3.8) is 0 Å². The highest BCUT2D eigenvalue weighted by atomic mass is 16.6. The van der Waals surface area contributed by atoms with Gasteiger partial charge in [-0.25, -0.2) is 9.55 Å². The highest BCUT2D eigenvalue weighted by Crippen LogP contribution is 2.36. The van der Waals surface area contributed by atoms with Crippen molar-refractivity contribution in [1.29, 1.82) is 0 Å². The van der Waals surface area contributed by atoms with Gasteiger partial charge in [0.25, 0.3) is 0 Å². The molecule has 1 aromatic rings. The number of oxime groups is 1. The molecule has 0 spiro atoms. The van der Waals surface area contributed by atoms with Crippen molar-refractivity contribution in [3.8, 4) is 0 Å². The van der Waals surface area contributed by atoms with Crippen molar-refractivity contribution in [3.05, 3.63) is 22.1 Å². The molecule has 17 heavy (non-hydrogen) atoms. The number of rotatable bonds is 2. The van der Waals surface area contributed by atoms with Gasteiger partial charge < -0.3 is 15.0 Å². The van der Waals surface area contributed by atoms with E-state index in [0.717, 1.165) is 25.0 Å². The molecule has 0 radical (unpaired) electrons. The first-order chi connectivity index (χ1) is 8.18. The molecular weight excluding hydrogens is 224 g/mol. The topological polar surface area (TPSA) is 82.5 Å². The Morgan fingerprint density at radius 2 is 2.41 bits per heavy atom. The van der Waals surface area contributed by atoms with Crippen LogP contribution < -0.4 is 0 Å². The first-order valence-electron chi connectivity index (χ1n) is 5.58. The third kappa shape index (κ3) is 1.42. The molecule has 2 unspecified atom stereocenters. The van der Waals surface area contributed by atoms with Crippen LogP contribution in [0.1, 0.15) is 25.1 Å². The predicted molar refractivity (Wildman–Crippen MR) is 58.6 cm³/mol. The average Bonchev–Trinajstić information content (AvgIpc) is 2.91. The minimum Gasteiger partial charge on any atom is -0.391 e. The van der Waals surface area contributed by atoms with E-state index in [-0.39, 0.29) is 17.8 Å². The molecule has 0 N–H and O–H groups in total. The molecule has 3 rings (SSSR count). The Morgan fingerprint density at radius 3 is 3.12 bits per heavy atom. The van der Waals surface area contributed by atoms with Gasteiger partial charge in [0.05, 0.1) is 13.0 Å². The molecular formula is C10H12N4O3. The summed E-state index contributed by atoms with van der Waals surface area (Å²) in [4.78, 5) is 19.7. The molecule has 1 aliphatic heterocycles. The minimum atomic E-state index is -0.445. The molecule has 1 aliphatic carbocycles. The fourth-order valence-corrected chi connectivity index (χ4v) is 2.57. The van der Waals surface area contributed by atoms with E-state index in [0.29, 0.717) is 5.82 Å². The van der Waals surface area contributed by atoms with Gasteiger partial charge in [-0.3, -0.25) is 0 Å². The first kappa shape index (κ1) is 10.2. The number of imidazole rings is 1. The van der Waals surface area contributed by atoms with Crippen LogP contribution in [0, 0.1) is 16.0 Å². The van der Waals surface area contributed by atoms with E-state index >= 15 is 0 Å². The van der Waals surface area contributed by atoms with Gasteiger partial charge in [0, 0.05) is 0 Å². The Hall–Kier alpha value is -1.92. The van der Waals surface area contributed by atoms with E-state index in [1.807, 2.05) is 0 Å². The van der Waals surface area contributed by atoms with Gasteiger partial charge in [-0.15, -0.1) is 0 Å². The van der Waals surface area contributed by atoms with E-state index in [1.165, 1.54) is 10.8 Å². The quantitative estimate of drug-likeness (QED) is 0.571. The van der Waals surface area contributed by atoms with Crippen LogP contribution in [0.4, 0.5) is 5.82 Å². The lowest BCUT2D eigenvalue weighted by Crippen LogP contribution is -2.20. The van der Waals surface area contributed by atoms with Gasteiger partial charge in [0.1, 0.15) is 12.3 Å². The summed E-state index contributed by atoms with van der Waals surface area (Å²) in [5.41, 5.74) is 0.753. The Morgan fingerprint density at radius 1 is 1.59 bits per heavy atom. The van der Waals surface area contributed by atoms with Gasteiger partial charge in [-0.1, -0.05) is 5.16 Å². The zero-order chi connectivity index (χ0) is 12.0. The SMILES string of the molecule is Cn1c([N+](=O)[O-])cnc1C1=NOC2CCCC12. The monoisotopic (exact) mass is 236 g/mol. The average molecular weight is 236 g/mol. The van der Waals surface area contributed by atoms with Crippen LogP contribution in [0.5, 0.6) is 0 Å². The maximum atomic E-state index is 10.8. The van der Waals surface area contributed by atoms with Crippen LogP contribution in [0.15, 0.2) is 11.4 Å². The highest BCUT2D eigenvalue weighted by Gasteiger charge is 2.42. The number of nitrogens with zero attached hydrogens (tertiary/aromatic N) is 4. The predicted octanol–water partition coefficient (Wildman–Crippen LogP) is 1.23. The molecule has 2 aliphatic rings. The molecule has 0 bridgehead atoms. The lowest BCUT2D eigenvalue weighted by atomic mass is 10.00. The number of hydrogen-bond donors (Lipinski definition) is 0. The molecule has 0 aromatic carbocycles. The van der Waals surface area contributed by atoms with Gasteiger partial charge in [0.15, 0.2) is 5.71 Å². The molecule has 1 aromatic heterocycles. The van der Waals surface area contributed by atoms with E-state index < -0.39 is 4.92 Å². The first-order valence-corrected chi connectivity index (χ1v) is 5.58. The summed E-state index contributed by atoms with van der Waals surface area (Å²) in [5, 5.41) is 14.8. The normalized spacial score (nSPS) is 26.5. The van der Waals surface area contributed by atoms with Gasteiger partial charge in [-0.2, -0.15) is 0 Å². The molecule has 0 amide bonds. The number of hydrogen-bond acceptors (Lipinski definition) is 5. The Kier molecular flexibility index (Phi) is 2.13. The lowest BCUT2D eigenvalue weighted by Gasteiger charge is -2.06. The minimum absolute atomic E-state index is 0.0239. The van der Waals surface area contributed by atoms with E-state index in [2.05, 4.69) is 10.1 Å². The molecule has 7 heteroatoms. The standard InChI is InChI=1S/C10H12N4O3/c1-13-8(14(15)16)5-11-10(13)9-6-3-2-4-7(6)17-12-9/h5-7H,2-4H2,1H3. The third-order valence-electron chi connectivity index (χ3n) is 3.47. The number of nitro groups is 1. The summed E-state index contributed by atoms with van der Waals surface area (Å²) in [6.07, 6.45) is 4.54. The van der Waals surface area contributed by atoms with Gasteiger partial charge in [0.2, 0.25) is 5.82 Å². The third-order valence-corrected chi connectivity index (χ3v) is 3.47.